The van der Waals surface area contributed by atoms with Crippen LogP contribution in [0.2, 0.25) is 10.0 Å². The van der Waals surface area contributed by atoms with Crippen molar-refractivity contribution in [3.8, 4) is 0 Å². The summed E-state index contributed by atoms with van der Waals surface area (Å²) in [5.74, 6) is 0.531. The molecule has 1 rings (SSSR count). The predicted octanol–water partition coefficient (Wildman–Crippen LogP) is 4.42. The minimum atomic E-state index is 0.245. The van der Waals surface area contributed by atoms with Crippen LogP contribution in [0.5, 0.6) is 0 Å². The maximum absolute atomic E-state index is 6.21. The highest BCUT2D eigenvalue weighted by Gasteiger charge is 2.24. The van der Waals surface area contributed by atoms with Gasteiger partial charge in [-0.15, -0.1) is 0 Å². The molecule has 1 aromatic carbocycles. The minimum Gasteiger partial charge on any atom is -0.319 e. The highest BCUT2D eigenvalue weighted by Crippen LogP contribution is 2.31. The Morgan fingerprint density at radius 2 is 1.88 bits per heavy atom. The molecule has 1 atom stereocenters. The highest BCUT2D eigenvalue weighted by atomic mass is 35.5. The summed E-state index contributed by atoms with van der Waals surface area (Å²) in [6.07, 6.45) is 0.948. The molecule has 3 heteroatoms. The normalized spacial score (nSPS) is 13.8. The molecular weight excluding hydrogens is 253 g/mol. The lowest BCUT2D eigenvalue weighted by molar-refractivity contribution is 0.235. The molecule has 1 aromatic rings. The standard InChI is InChI=1S/C14H21Cl2N/c1-14(2,3)11(9-17-4)7-10-8-12(15)5-6-13(10)16/h5-6,8,11,17H,7,9H2,1-4H3. The van der Waals surface area contributed by atoms with Crippen LogP contribution in [-0.4, -0.2) is 13.6 Å². The Labute approximate surface area is 115 Å². The van der Waals surface area contributed by atoms with Gasteiger partial charge in [0.05, 0.1) is 0 Å². The summed E-state index contributed by atoms with van der Waals surface area (Å²) in [4.78, 5) is 0. The van der Waals surface area contributed by atoms with E-state index in [0.29, 0.717) is 5.92 Å². The largest absolute Gasteiger partial charge is 0.319 e. The first-order chi connectivity index (χ1) is 7.84. The van der Waals surface area contributed by atoms with Crippen LogP contribution in [0, 0.1) is 11.3 Å². The van der Waals surface area contributed by atoms with Gasteiger partial charge in [-0.05, 0) is 55.1 Å². The van der Waals surface area contributed by atoms with Crippen LogP contribution in [0.1, 0.15) is 26.3 Å². The van der Waals surface area contributed by atoms with Crippen molar-refractivity contribution in [3.05, 3.63) is 33.8 Å². The van der Waals surface area contributed by atoms with Crippen LogP contribution < -0.4 is 5.32 Å². The minimum absolute atomic E-state index is 0.245. The van der Waals surface area contributed by atoms with Crippen molar-refractivity contribution >= 4 is 23.2 Å². The molecular formula is C14H21Cl2N. The van der Waals surface area contributed by atoms with E-state index >= 15 is 0 Å². The second-order valence-electron chi connectivity index (χ2n) is 5.56. The van der Waals surface area contributed by atoms with Gasteiger partial charge in [-0.2, -0.15) is 0 Å². The molecule has 0 saturated heterocycles. The molecule has 1 unspecified atom stereocenters. The van der Waals surface area contributed by atoms with E-state index in [-0.39, 0.29) is 5.41 Å². The van der Waals surface area contributed by atoms with Crippen molar-refractivity contribution in [3.63, 3.8) is 0 Å². The van der Waals surface area contributed by atoms with Crippen molar-refractivity contribution in [2.45, 2.75) is 27.2 Å². The van der Waals surface area contributed by atoms with E-state index < -0.39 is 0 Å². The number of nitrogens with one attached hydrogen (secondary N) is 1. The summed E-state index contributed by atoms with van der Waals surface area (Å²) in [7, 11) is 1.98. The van der Waals surface area contributed by atoms with Crippen LogP contribution in [0.4, 0.5) is 0 Å². The first-order valence-corrected chi connectivity index (χ1v) is 6.68. The fourth-order valence-electron chi connectivity index (χ4n) is 1.90. The van der Waals surface area contributed by atoms with Gasteiger partial charge in [0.2, 0.25) is 0 Å². The first kappa shape index (κ1) is 14.8. The number of hydrogen-bond acceptors (Lipinski definition) is 1. The van der Waals surface area contributed by atoms with E-state index in [1.54, 1.807) is 0 Å². The van der Waals surface area contributed by atoms with Gasteiger partial charge in [-0.25, -0.2) is 0 Å². The van der Waals surface area contributed by atoms with Crippen molar-refractivity contribution in [2.24, 2.45) is 11.3 Å². The van der Waals surface area contributed by atoms with Crippen LogP contribution >= 0.6 is 23.2 Å². The molecule has 1 N–H and O–H groups in total. The zero-order chi connectivity index (χ0) is 13.1. The summed E-state index contributed by atoms with van der Waals surface area (Å²) >= 11 is 12.2. The average Bonchev–Trinajstić information content (AvgIpc) is 2.21. The maximum atomic E-state index is 6.21. The molecule has 0 aliphatic rings. The van der Waals surface area contributed by atoms with Gasteiger partial charge >= 0.3 is 0 Å². The molecule has 0 radical (unpaired) electrons. The van der Waals surface area contributed by atoms with E-state index in [1.807, 2.05) is 25.2 Å². The van der Waals surface area contributed by atoms with E-state index in [0.717, 1.165) is 28.6 Å². The zero-order valence-electron chi connectivity index (χ0n) is 11.0. The Morgan fingerprint density at radius 1 is 1.24 bits per heavy atom. The van der Waals surface area contributed by atoms with E-state index in [4.69, 9.17) is 23.2 Å². The third-order valence-electron chi connectivity index (χ3n) is 3.15. The van der Waals surface area contributed by atoms with Crippen LogP contribution in [0.3, 0.4) is 0 Å². The SMILES string of the molecule is CNCC(Cc1cc(Cl)ccc1Cl)C(C)(C)C. The van der Waals surface area contributed by atoms with Crippen LogP contribution in [0.15, 0.2) is 18.2 Å². The Kier molecular flexibility index (Phi) is 5.30. The Bertz CT molecular complexity index is 369. The van der Waals surface area contributed by atoms with Gasteiger partial charge in [0.25, 0.3) is 0 Å². The lowest BCUT2D eigenvalue weighted by Gasteiger charge is -2.31. The van der Waals surface area contributed by atoms with E-state index in [2.05, 4.69) is 26.1 Å². The molecule has 0 spiro atoms. The topological polar surface area (TPSA) is 12.0 Å². The van der Waals surface area contributed by atoms with Gasteiger partial charge in [0.15, 0.2) is 0 Å². The molecule has 0 bridgehead atoms. The molecule has 0 amide bonds. The lowest BCUT2D eigenvalue weighted by Crippen LogP contribution is -2.31. The number of halogens is 2. The molecule has 96 valence electrons. The molecule has 0 aliphatic heterocycles. The molecule has 1 nitrogen and oxygen atoms in total. The van der Waals surface area contributed by atoms with E-state index in [9.17, 15) is 0 Å². The Morgan fingerprint density at radius 3 is 2.41 bits per heavy atom. The molecule has 0 heterocycles. The Hall–Kier alpha value is -0.240. The van der Waals surface area contributed by atoms with Crippen LogP contribution in [0.25, 0.3) is 0 Å². The third kappa shape index (κ3) is 4.50. The fourth-order valence-corrected chi connectivity index (χ4v) is 2.29. The quantitative estimate of drug-likeness (QED) is 0.857. The van der Waals surface area contributed by atoms with Gasteiger partial charge in [0, 0.05) is 10.0 Å². The smallest absolute Gasteiger partial charge is 0.0439 e. The second-order valence-corrected chi connectivity index (χ2v) is 6.40. The average molecular weight is 274 g/mol. The summed E-state index contributed by atoms with van der Waals surface area (Å²) in [6.45, 7) is 7.75. The summed E-state index contributed by atoms with van der Waals surface area (Å²) < 4.78 is 0. The number of rotatable bonds is 4. The van der Waals surface area contributed by atoms with Gasteiger partial charge in [-0.1, -0.05) is 44.0 Å². The van der Waals surface area contributed by atoms with Crippen molar-refractivity contribution in [2.75, 3.05) is 13.6 Å². The highest BCUT2D eigenvalue weighted by molar-refractivity contribution is 6.33. The number of hydrogen-bond donors (Lipinski definition) is 1. The van der Waals surface area contributed by atoms with Gasteiger partial charge in [0.1, 0.15) is 0 Å². The van der Waals surface area contributed by atoms with Crippen LogP contribution in [-0.2, 0) is 6.42 Å². The lowest BCUT2D eigenvalue weighted by atomic mass is 9.77. The monoisotopic (exact) mass is 273 g/mol. The fraction of sp³-hybridized carbons (Fsp3) is 0.571. The molecule has 0 aliphatic carbocycles. The number of benzene rings is 1. The van der Waals surface area contributed by atoms with E-state index in [1.165, 1.54) is 0 Å². The summed E-state index contributed by atoms with van der Waals surface area (Å²) in [6, 6.07) is 5.67. The van der Waals surface area contributed by atoms with Crippen molar-refractivity contribution in [1.29, 1.82) is 0 Å². The zero-order valence-corrected chi connectivity index (χ0v) is 12.5. The van der Waals surface area contributed by atoms with Gasteiger partial charge in [-0.3, -0.25) is 0 Å². The van der Waals surface area contributed by atoms with Crippen molar-refractivity contribution in [1.82, 2.24) is 5.32 Å². The maximum Gasteiger partial charge on any atom is 0.0439 e. The van der Waals surface area contributed by atoms with Crippen molar-refractivity contribution < 1.29 is 0 Å². The second kappa shape index (κ2) is 6.08. The molecule has 0 fully saturated rings. The summed E-state index contributed by atoms with van der Waals surface area (Å²) in [5, 5.41) is 4.81. The molecule has 0 saturated carbocycles. The molecule has 0 aromatic heterocycles. The predicted molar refractivity (Wildman–Crippen MR) is 77.0 cm³/mol. The van der Waals surface area contributed by atoms with Gasteiger partial charge < -0.3 is 5.32 Å². The summed E-state index contributed by atoms with van der Waals surface area (Å²) in [5.41, 5.74) is 1.38. The third-order valence-corrected chi connectivity index (χ3v) is 3.75. The first-order valence-electron chi connectivity index (χ1n) is 5.93. The Balaban J connectivity index is 2.89. The molecule has 17 heavy (non-hydrogen) atoms.